The summed E-state index contributed by atoms with van der Waals surface area (Å²) >= 11 is 0. The molecule has 0 atom stereocenters. The highest BCUT2D eigenvalue weighted by Crippen LogP contribution is 2.44. The fourth-order valence-corrected chi connectivity index (χ4v) is 11.0. The molecule has 55 heavy (non-hydrogen) atoms. The van der Waals surface area contributed by atoms with Crippen LogP contribution in [0.2, 0.25) is 0 Å². The van der Waals surface area contributed by atoms with Gasteiger partial charge in [-0.1, -0.05) is 97.1 Å². The van der Waals surface area contributed by atoms with Crippen LogP contribution in [-0.4, -0.2) is 50.7 Å². The summed E-state index contributed by atoms with van der Waals surface area (Å²) in [5, 5.41) is 3.31. The molecule has 8 aromatic rings. The normalized spacial score (nSPS) is 18.5. The summed E-state index contributed by atoms with van der Waals surface area (Å²) in [6, 6.07) is 39.5. The van der Waals surface area contributed by atoms with Crippen molar-refractivity contribution in [2.24, 2.45) is 30.0 Å². The fraction of sp³-hybridized carbons (Fsp3) is 0. The molecule has 0 N–H and O–H groups in total. The molecule has 8 heterocycles. The molecule has 0 saturated carbocycles. The quantitative estimate of drug-likeness (QED) is 0.197. The Labute approximate surface area is 312 Å². The number of hydrogen-bond acceptors (Lipinski definition) is 10. The summed E-state index contributed by atoms with van der Waals surface area (Å²) in [6.45, 7) is 0. The van der Waals surface area contributed by atoms with Gasteiger partial charge in [0.2, 0.25) is 0 Å². The van der Waals surface area contributed by atoms with Gasteiger partial charge in [0.25, 0.3) is 0 Å². The van der Waals surface area contributed by atoms with Gasteiger partial charge < -0.3 is 8.85 Å². The smallest absolute Gasteiger partial charge is 0.480 e. The van der Waals surface area contributed by atoms with Crippen LogP contribution in [-0.2, 0) is 0 Å². The summed E-state index contributed by atoms with van der Waals surface area (Å²) in [5.41, 5.74) is 4.54. The Morgan fingerprint density at radius 1 is 0.364 bits per heavy atom. The number of rotatable bonds is 4. The molecule has 12 rings (SSSR count). The standard InChI is InChI=1S/C42H24N10O2Si/c1-2-10-28-27(9-1)35-45-36(28)48-40-33-15-7-8-16-34(33)42-50-38-30-12-4-3-11-29(30)37(46-38)49-41-32-14-6-5-13-31(32)39(47-35)51(41)55(52(40)42,53-25-17-21-43-22-18-25)54-26-19-23-44-24-20-26/h1-24H/b47-35-,47-39?,48-36?,48-40-,49-37-,49-41?,50-38?,50-42-. The van der Waals surface area contributed by atoms with E-state index >= 15 is 0 Å². The average molecular weight is 729 g/mol. The highest BCUT2D eigenvalue weighted by molar-refractivity contribution is 6.67. The molecule has 4 aliphatic heterocycles. The maximum Gasteiger partial charge on any atom is 0.738 e. The first-order valence-corrected chi connectivity index (χ1v) is 19.4. The highest BCUT2D eigenvalue weighted by Gasteiger charge is 2.57. The van der Waals surface area contributed by atoms with E-state index in [2.05, 4.69) is 9.97 Å². The third kappa shape index (κ3) is 4.26. The molecular weight excluding hydrogens is 705 g/mol. The van der Waals surface area contributed by atoms with Gasteiger partial charge in [0.15, 0.2) is 23.3 Å². The van der Waals surface area contributed by atoms with Crippen LogP contribution in [0.1, 0.15) is 22.3 Å². The molecule has 0 radical (unpaired) electrons. The number of hydrogen-bond donors (Lipinski definition) is 0. The van der Waals surface area contributed by atoms with Crippen molar-refractivity contribution < 1.29 is 8.85 Å². The Bertz CT molecular complexity index is 3010. The zero-order chi connectivity index (χ0) is 36.1. The molecule has 0 saturated heterocycles. The van der Waals surface area contributed by atoms with Gasteiger partial charge in [0.1, 0.15) is 34.1 Å². The van der Waals surface area contributed by atoms with Gasteiger partial charge in [0, 0.05) is 68.6 Å². The zero-order valence-corrected chi connectivity index (χ0v) is 29.6. The van der Waals surface area contributed by atoms with Crippen LogP contribution in [0, 0.1) is 0 Å². The van der Waals surface area contributed by atoms with Gasteiger partial charge >= 0.3 is 8.88 Å². The molecule has 4 aliphatic rings. The molecule has 13 heteroatoms. The summed E-state index contributed by atoms with van der Waals surface area (Å²) in [5.74, 6) is 4.19. The third-order valence-electron chi connectivity index (χ3n) is 10.1. The van der Waals surface area contributed by atoms with Gasteiger partial charge in [-0.25, -0.2) is 30.0 Å². The minimum atomic E-state index is -4.43. The number of aliphatic imine (C=N–C) groups is 4. The van der Waals surface area contributed by atoms with E-state index in [1.165, 1.54) is 0 Å². The lowest BCUT2D eigenvalue weighted by Gasteiger charge is -2.33. The molecular formula is C42H24N10O2Si. The number of benzene rings is 4. The summed E-state index contributed by atoms with van der Waals surface area (Å²) in [6.07, 6.45) is 6.78. The van der Waals surface area contributed by atoms with E-state index in [4.69, 9.17) is 38.8 Å². The van der Waals surface area contributed by atoms with Crippen molar-refractivity contribution in [1.29, 1.82) is 0 Å². The van der Waals surface area contributed by atoms with Gasteiger partial charge in [-0.15, -0.1) is 0 Å². The van der Waals surface area contributed by atoms with Crippen LogP contribution in [0.25, 0.3) is 21.5 Å². The second kappa shape index (κ2) is 11.2. The van der Waals surface area contributed by atoms with E-state index in [0.717, 1.165) is 43.8 Å². The molecule has 0 amide bonds. The average Bonchev–Trinajstić information content (AvgIpc) is 3.95. The molecule has 4 aromatic heterocycles. The topological polar surface area (TPSA) is 128 Å². The van der Waals surface area contributed by atoms with Crippen LogP contribution in [0.4, 0.5) is 11.6 Å². The molecule has 0 spiro atoms. The molecule has 0 unspecified atom stereocenters. The largest absolute Gasteiger partial charge is 0.738 e. The molecule has 6 bridgehead atoms. The lowest BCUT2D eigenvalue weighted by molar-refractivity contribution is 0.345. The van der Waals surface area contributed by atoms with Gasteiger partial charge in [-0.2, -0.15) is 0 Å². The maximum absolute atomic E-state index is 7.52. The Hall–Kier alpha value is -7.64. The van der Waals surface area contributed by atoms with Gasteiger partial charge in [-0.05, 0) is 24.3 Å². The summed E-state index contributed by atoms with van der Waals surface area (Å²) in [7, 11) is -4.43. The van der Waals surface area contributed by atoms with Crippen LogP contribution in [0.5, 0.6) is 11.5 Å². The maximum atomic E-state index is 7.52. The Balaban J connectivity index is 1.39. The van der Waals surface area contributed by atoms with Gasteiger partial charge in [-0.3, -0.25) is 18.4 Å². The van der Waals surface area contributed by atoms with Crippen LogP contribution in [0.3, 0.4) is 0 Å². The van der Waals surface area contributed by atoms with Crippen LogP contribution >= 0.6 is 0 Å². The van der Waals surface area contributed by atoms with Crippen molar-refractivity contribution in [2.45, 2.75) is 0 Å². The second-order valence-corrected chi connectivity index (χ2v) is 15.6. The first-order valence-electron chi connectivity index (χ1n) is 17.7. The SMILES string of the molecule is c1ccc2c(c1)C1=NC/2=N\c2c3ccccc3c3n2[Si](Oc2ccncc2)(Oc2ccncc2)n2/c(c4ccccc4/c2=N/C2=NC(=N\3)/c3ccccc32)=N\1. The zero-order valence-electron chi connectivity index (χ0n) is 28.6. The van der Waals surface area contributed by atoms with Crippen molar-refractivity contribution >= 4 is 65.4 Å². The minimum Gasteiger partial charge on any atom is -0.480 e. The highest BCUT2D eigenvalue weighted by atomic mass is 28.4. The van der Waals surface area contributed by atoms with Crippen molar-refractivity contribution in [3.8, 4) is 11.5 Å². The van der Waals surface area contributed by atoms with Crippen molar-refractivity contribution in [1.82, 2.24) is 18.4 Å². The van der Waals surface area contributed by atoms with E-state index in [1.807, 2.05) is 130 Å². The monoisotopic (exact) mass is 728 g/mol. The number of amidine groups is 4. The number of pyridine rings is 2. The van der Waals surface area contributed by atoms with E-state index in [-0.39, 0.29) is 0 Å². The summed E-state index contributed by atoms with van der Waals surface area (Å²) in [4.78, 5) is 40.7. The molecule has 4 aromatic carbocycles. The minimum absolute atomic E-state index is 0.515. The second-order valence-electron chi connectivity index (χ2n) is 13.2. The molecule has 0 fully saturated rings. The first kappa shape index (κ1) is 29.9. The molecule has 258 valence electrons. The lowest BCUT2D eigenvalue weighted by Crippen LogP contribution is -2.68. The predicted molar refractivity (Wildman–Crippen MR) is 211 cm³/mol. The van der Waals surface area contributed by atoms with Crippen molar-refractivity contribution in [2.75, 3.05) is 0 Å². The van der Waals surface area contributed by atoms with E-state index in [9.17, 15) is 0 Å². The fourth-order valence-electron chi connectivity index (χ4n) is 7.76. The number of nitrogens with zero attached hydrogens (tertiary/aromatic N) is 10. The van der Waals surface area contributed by atoms with Gasteiger partial charge in [0.05, 0.1) is 0 Å². The summed E-state index contributed by atoms with van der Waals surface area (Å²) < 4.78 is 19.1. The Morgan fingerprint density at radius 3 is 1.15 bits per heavy atom. The third-order valence-corrected chi connectivity index (χ3v) is 13.1. The molecule has 12 nitrogen and oxygen atoms in total. The van der Waals surface area contributed by atoms with Crippen LogP contribution < -0.4 is 19.8 Å². The lowest BCUT2D eigenvalue weighted by atomic mass is 10.1. The Kier molecular flexibility index (Phi) is 6.07. The molecule has 0 aliphatic carbocycles. The van der Waals surface area contributed by atoms with Crippen molar-refractivity contribution in [3.05, 3.63) is 179 Å². The first-order chi connectivity index (χ1) is 27.2. The number of aromatic nitrogens is 4. The predicted octanol–water partition coefficient (Wildman–Crippen LogP) is 6.32. The van der Waals surface area contributed by atoms with E-state index in [1.54, 1.807) is 24.8 Å². The van der Waals surface area contributed by atoms with E-state index in [0.29, 0.717) is 57.5 Å². The van der Waals surface area contributed by atoms with Crippen molar-refractivity contribution in [3.63, 3.8) is 0 Å². The van der Waals surface area contributed by atoms with Crippen LogP contribution in [0.15, 0.2) is 176 Å². The van der Waals surface area contributed by atoms with E-state index < -0.39 is 8.88 Å². The Morgan fingerprint density at radius 2 is 0.727 bits per heavy atom. The number of fused-ring (bicyclic) bond motifs is 14.